The zero-order chi connectivity index (χ0) is 31.1. The molecule has 1 N–H and O–H groups in total. The first-order valence-electron chi connectivity index (χ1n) is 15.2. The number of hydrogen-bond donors (Lipinski definition) is 1. The van der Waals surface area contributed by atoms with E-state index in [4.69, 9.17) is 0 Å². The number of nitrogens with zero attached hydrogens (tertiary/aromatic N) is 4. The van der Waals surface area contributed by atoms with E-state index in [1.807, 2.05) is 60.7 Å². The van der Waals surface area contributed by atoms with Gasteiger partial charge < -0.3 is 5.32 Å². The van der Waals surface area contributed by atoms with Gasteiger partial charge in [-0.1, -0.05) is 73.9 Å². The number of carbonyl (C=O) groups is 1. The van der Waals surface area contributed by atoms with E-state index >= 15 is 0 Å². The van der Waals surface area contributed by atoms with Crippen LogP contribution in [0.1, 0.15) is 53.6 Å². The number of amides is 1. The first kappa shape index (κ1) is 30.3. The normalized spacial score (nSPS) is 13.9. The lowest BCUT2D eigenvalue weighted by Crippen LogP contribution is -2.36. The Hall–Kier alpha value is -4.73. The molecule has 9 heteroatoms. The summed E-state index contributed by atoms with van der Waals surface area (Å²) < 4.78 is 29.3. The third-order valence-corrected chi connectivity index (χ3v) is 9.90. The van der Waals surface area contributed by atoms with Gasteiger partial charge in [-0.2, -0.15) is 4.31 Å². The first-order valence-corrected chi connectivity index (χ1v) is 16.7. The van der Waals surface area contributed by atoms with Crippen LogP contribution in [0.3, 0.4) is 0 Å². The van der Waals surface area contributed by atoms with E-state index in [-0.39, 0.29) is 29.9 Å². The van der Waals surface area contributed by atoms with E-state index in [1.54, 1.807) is 55.1 Å². The molecule has 0 aliphatic heterocycles. The second-order valence-corrected chi connectivity index (χ2v) is 13.3. The van der Waals surface area contributed by atoms with Gasteiger partial charge >= 0.3 is 0 Å². The average molecular weight is 618 g/mol. The summed E-state index contributed by atoms with van der Waals surface area (Å²) >= 11 is 0. The van der Waals surface area contributed by atoms with Crippen LogP contribution in [-0.2, 0) is 23.1 Å². The summed E-state index contributed by atoms with van der Waals surface area (Å²) in [5, 5.41) is 3.12. The highest BCUT2D eigenvalue weighted by atomic mass is 32.2. The minimum absolute atomic E-state index is 0.103. The first-order chi connectivity index (χ1) is 22.0. The molecule has 8 nitrogen and oxygen atoms in total. The lowest BCUT2D eigenvalue weighted by Gasteiger charge is -2.23. The molecular formula is C36H35N5O3S. The number of sulfonamides is 1. The van der Waals surface area contributed by atoms with E-state index in [9.17, 15) is 13.2 Å². The Morgan fingerprint density at radius 1 is 0.711 bits per heavy atom. The predicted octanol–water partition coefficient (Wildman–Crippen LogP) is 6.66. The van der Waals surface area contributed by atoms with Crippen LogP contribution >= 0.6 is 0 Å². The van der Waals surface area contributed by atoms with Gasteiger partial charge in [-0.25, -0.2) is 8.42 Å². The Labute approximate surface area is 264 Å². The Kier molecular flexibility index (Phi) is 9.38. The van der Waals surface area contributed by atoms with Crippen molar-refractivity contribution in [1.82, 2.24) is 24.6 Å². The van der Waals surface area contributed by atoms with Crippen LogP contribution in [0, 0.1) is 0 Å². The Morgan fingerprint density at radius 2 is 1.38 bits per heavy atom. The SMILES string of the molecule is O=C(NC1CCCCC1)c1ccc(-c2ccc(CN(Cc3cccnc3)S(=O)(=O)c3ccc(-c4ccccc4)cc3)cn2)nc1. The molecule has 1 fully saturated rings. The van der Waals surface area contributed by atoms with Gasteiger partial charge in [-0.3, -0.25) is 19.7 Å². The molecular weight excluding hydrogens is 582 g/mol. The summed E-state index contributed by atoms with van der Waals surface area (Å²) in [5.74, 6) is -0.103. The molecule has 0 bridgehead atoms. The Bertz CT molecular complexity index is 1810. The fourth-order valence-corrected chi connectivity index (χ4v) is 7.00. The van der Waals surface area contributed by atoms with Crippen molar-refractivity contribution in [2.45, 2.75) is 56.1 Å². The van der Waals surface area contributed by atoms with Crippen LogP contribution in [0.2, 0.25) is 0 Å². The maximum Gasteiger partial charge on any atom is 0.253 e. The van der Waals surface area contributed by atoms with Crippen molar-refractivity contribution in [3.05, 3.63) is 132 Å². The average Bonchev–Trinajstić information content (AvgIpc) is 3.10. The van der Waals surface area contributed by atoms with Crippen LogP contribution in [0.5, 0.6) is 0 Å². The summed E-state index contributed by atoms with van der Waals surface area (Å²) in [6.45, 7) is 0.281. The molecule has 1 aliphatic carbocycles. The number of nitrogens with one attached hydrogen (secondary N) is 1. The van der Waals surface area contributed by atoms with Gasteiger partial charge in [-0.15, -0.1) is 0 Å². The second-order valence-electron chi connectivity index (χ2n) is 11.3. The van der Waals surface area contributed by atoms with Crippen molar-refractivity contribution >= 4 is 15.9 Å². The molecule has 0 spiro atoms. The van der Waals surface area contributed by atoms with Crippen molar-refractivity contribution < 1.29 is 13.2 Å². The zero-order valence-corrected chi connectivity index (χ0v) is 25.7. The molecule has 1 amide bonds. The molecule has 5 aromatic rings. The highest BCUT2D eigenvalue weighted by Gasteiger charge is 2.25. The lowest BCUT2D eigenvalue weighted by molar-refractivity contribution is 0.0927. The monoisotopic (exact) mass is 617 g/mol. The number of hydrogen-bond acceptors (Lipinski definition) is 6. The highest BCUT2D eigenvalue weighted by Crippen LogP contribution is 2.26. The quantitative estimate of drug-likeness (QED) is 0.188. The van der Waals surface area contributed by atoms with Crippen LogP contribution < -0.4 is 5.32 Å². The number of carbonyl (C=O) groups excluding carboxylic acids is 1. The third-order valence-electron chi connectivity index (χ3n) is 8.09. The molecule has 3 aromatic heterocycles. The second kappa shape index (κ2) is 13.9. The molecule has 2 aromatic carbocycles. The van der Waals surface area contributed by atoms with Gasteiger partial charge in [0.25, 0.3) is 5.91 Å². The van der Waals surface area contributed by atoms with Gasteiger partial charge in [0.2, 0.25) is 10.0 Å². The summed E-state index contributed by atoms with van der Waals surface area (Å²) in [6, 6.07) is 27.9. The van der Waals surface area contributed by atoms with Crippen molar-refractivity contribution in [3.8, 4) is 22.5 Å². The maximum atomic E-state index is 13.9. The van der Waals surface area contributed by atoms with Crippen molar-refractivity contribution in [1.29, 1.82) is 0 Å². The molecule has 6 rings (SSSR count). The van der Waals surface area contributed by atoms with Crippen LogP contribution in [0.15, 0.2) is 121 Å². The smallest absolute Gasteiger partial charge is 0.253 e. The maximum absolute atomic E-state index is 13.9. The van der Waals surface area contributed by atoms with Crippen LogP contribution in [0.4, 0.5) is 0 Å². The number of aromatic nitrogens is 3. The van der Waals surface area contributed by atoms with E-state index in [0.717, 1.165) is 47.9 Å². The number of pyridine rings is 3. The predicted molar refractivity (Wildman–Crippen MR) is 174 cm³/mol. The van der Waals surface area contributed by atoms with E-state index in [0.29, 0.717) is 17.0 Å². The minimum atomic E-state index is -3.85. The van der Waals surface area contributed by atoms with E-state index < -0.39 is 10.0 Å². The van der Waals surface area contributed by atoms with Crippen molar-refractivity contribution in [2.75, 3.05) is 0 Å². The van der Waals surface area contributed by atoms with Gasteiger partial charge in [0.05, 0.1) is 21.8 Å². The molecule has 3 heterocycles. The number of benzene rings is 2. The zero-order valence-electron chi connectivity index (χ0n) is 24.9. The van der Waals surface area contributed by atoms with E-state index in [1.165, 1.54) is 10.7 Å². The van der Waals surface area contributed by atoms with E-state index in [2.05, 4.69) is 20.3 Å². The van der Waals surface area contributed by atoms with Crippen molar-refractivity contribution in [2.24, 2.45) is 0 Å². The molecule has 45 heavy (non-hydrogen) atoms. The largest absolute Gasteiger partial charge is 0.349 e. The number of rotatable bonds is 10. The van der Waals surface area contributed by atoms with Gasteiger partial charge in [0.1, 0.15) is 0 Å². The van der Waals surface area contributed by atoms with Gasteiger partial charge in [0, 0.05) is 43.9 Å². The van der Waals surface area contributed by atoms with Gasteiger partial charge in [0.15, 0.2) is 0 Å². The summed E-state index contributed by atoms with van der Waals surface area (Å²) in [7, 11) is -3.85. The third kappa shape index (κ3) is 7.50. The molecule has 1 aliphatic rings. The van der Waals surface area contributed by atoms with Crippen LogP contribution in [-0.4, -0.2) is 39.6 Å². The molecule has 0 saturated heterocycles. The van der Waals surface area contributed by atoms with Crippen molar-refractivity contribution in [3.63, 3.8) is 0 Å². The molecule has 228 valence electrons. The highest BCUT2D eigenvalue weighted by molar-refractivity contribution is 7.89. The fraction of sp³-hybridized carbons (Fsp3) is 0.222. The molecule has 0 radical (unpaired) electrons. The molecule has 0 unspecified atom stereocenters. The molecule has 0 atom stereocenters. The van der Waals surface area contributed by atoms with Crippen LogP contribution in [0.25, 0.3) is 22.5 Å². The topological polar surface area (TPSA) is 105 Å². The minimum Gasteiger partial charge on any atom is -0.349 e. The summed E-state index contributed by atoms with van der Waals surface area (Å²) in [6.07, 6.45) is 12.2. The summed E-state index contributed by atoms with van der Waals surface area (Å²) in [4.78, 5) is 26.1. The summed E-state index contributed by atoms with van der Waals surface area (Å²) in [5.41, 5.74) is 5.27. The lowest BCUT2D eigenvalue weighted by atomic mass is 9.95. The van der Waals surface area contributed by atoms with Gasteiger partial charge in [-0.05, 0) is 71.5 Å². The Morgan fingerprint density at radius 3 is 2.00 bits per heavy atom. The molecule has 1 saturated carbocycles. The standard InChI is InChI=1S/C36H35N5O3S/c42-36(40-32-11-5-2-6-12-32)31-16-20-35(39-24-31)34-19-13-28(23-38-34)26-41(25-27-8-7-21-37-22-27)45(43,44)33-17-14-30(15-18-33)29-9-3-1-4-10-29/h1,3-4,7-10,13-24,32H,2,5-6,11-12,25-26H2,(H,40,42). The fourth-order valence-electron chi connectivity index (χ4n) is 5.59. The Balaban J connectivity index is 1.18.